The van der Waals surface area contributed by atoms with Gasteiger partial charge in [0.05, 0.1) is 11.6 Å². The number of rotatable bonds is 3. The first-order valence-corrected chi connectivity index (χ1v) is 10.8. The molecule has 28 heavy (non-hydrogen) atoms. The van der Waals surface area contributed by atoms with Crippen LogP contribution in [-0.4, -0.2) is 56.7 Å². The van der Waals surface area contributed by atoms with Gasteiger partial charge in [0.2, 0.25) is 5.91 Å². The van der Waals surface area contributed by atoms with Crippen molar-refractivity contribution in [3.63, 3.8) is 0 Å². The second-order valence-corrected chi connectivity index (χ2v) is 8.98. The third-order valence-electron chi connectivity index (χ3n) is 7.14. The molecule has 0 bridgehead atoms. The summed E-state index contributed by atoms with van der Waals surface area (Å²) in [4.78, 5) is 26.5. The average molecular weight is 383 g/mol. The maximum atomic E-state index is 12.8. The Kier molecular flexibility index (Phi) is 4.48. The van der Waals surface area contributed by atoms with E-state index < -0.39 is 0 Å². The lowest BCUT2D eigenvalue weighted by Crippen LogP contribution is -2.37. The minimum absolute atomic E-state index is 0.389. The first kappa shape index (κ1) is 17.9. The molecule has 1 saturated carbocycles. The Hall–Kier alpha value is -2.18. The highest BCUT2D eigenvalue weighted by atomic mass is 16.2. The van der Waals surface area contributed by atoms with Crippen molar-refractivity contribution < 1.29 is 4.79 Å². The summed E-state index contributed by atoms with van der Waals surface area (Å²) >= 11 is 0. The largest absolute Gasteiger partial charge is 0.356 e. The second kappa shape index (κ2) is 7.01. The number of aryl methyl sites for hydroxylation is 2. The molecule has 3 aliphatic rings. The summed E-state index contributed by atoms with van der Waals surface area (Å²) in [6.45, 7) is 5.86. The summed E-state index contributed by atoms with van der Waals surface area (Å²) in [5, 5.41) is 5.37. The SMILES string of the molecule is Cc1nc(N2CCC(CC(=O)N3CC4CCCC4C3)CC2)c2cnn(C)c2n1. The lowest BCUT2D eigenvalue weighted by atomic mass is 9.93. The van der Waals surface area contributed by atoms with Crippen molar-refractivity contribution in [2.75, 3.05) is 31.1 Å². The van der Waals surface area contributed by atoms with Gasteiger partial charge in [-0.05, 0) is 50.4 Å². The van der Waals surface area contributed by atoms with E-state index in [1.807, 2.05) is 24.9 Å². The maximum Gasteiger partial charge on any atom is 0.222 e. The van der Waals surface area contributed by atoms with E-state index in [2.05, 4.69) is 19.9 Å². The van der Waals surface area contributed by atoms with Gasteiger partial charge < -0.3 is 9.80 Å². The van der Waals surface area contributed by atoms with Crippen LogP contribution in [0.25, 0.3) is 11.0 Å². The molecule has 2 aromatic heterocycles. The van der Waals surface area contributed by atoms with Crippen LogP contribution in [-0.2, 0) is 11.8 Å². The summed E-state index contributed by atoms with van der Waals surface area (Å²) in [5.74, 6) is 4.23. The van der Waals surface area contributed by atoms with Crippen LogP contribution in [0, 0.1) is 24.7 Å². The molecule has 5 rings (SSSR count). The molecule has 4 heterocycles. The van der Waals surface area contributed by atoms with Gasteiger partial charge in [-0.25, -0.2) is 9.97 Å². The zero-order valence-corrected chi connectivity index (χ0v) is 17.0. The van der Waals surface area contributed by atoms with E-state index >= 15 is 0 Å². The summed E-state index contributed by atoms with van der Waals surface area (Å²) in [6.07, 6.45) is 8.71. The van der Waals surface area contributed by atoms with Crippen molar-refractivity contribution in [1.29, 1.82) is 0 Å². The molecular formula is C21H30N6O. The molecule has 7 heteroatoms. The second-order valence-electron chi connectivity index (χ2n) is 8.98. The molecule has 150 valence electrons. The van der Waals surface area contributed by atoms with Crippen LogP contribution in [0.15, 0.2) is 6.20 Å². The summed E-state index contributed by atoms with van der Waals surface area (Å²) in [5.41, 5.74) is 0.888. The normalized spacial score (nSPS) is 25.6. The van der Waals surface area contributed by atoms with Crippen molar-refractivity contribution in [3.05, 3.63) is 12.0 Å². The van der Waals surface area contributed by atoms with Gasteiger partial charge in [0, 0.05) is 39.6 Å². The molecule has 2 aromatic rings. The fraction of sp³-hybridized carbons (Fsp3) is 0.714. The minimum atomic E-state index is 0.389. The number of hydrogen-bond donors (Lipinski definition) is 0. The Morgan fingerprint density at radius 2 is 1.82 bits per heavy atom. The maximum absolute atomic E-state index is 12.8. The quantitative estimate of drug-likeness (QED) is 0.816. The number of carbonyl (C=O) groups excluding carboxylic acids is 1. The first-order chi connectivity index (χ1) is 13.6. The highest BCUT2D eigenvalue weighted by molar-refractivity contribution is 5.87. The number of anilines is 1. The molecule has 0 radical (unpaired) electrons. The number of aromatic nitrogens is 4. The fourth-order valence-electron chi connectivity index (χ4n) is 5.52. The zero-order chi connectivity index (χ0) is 19.3. The van der Waals surface area contributed by atoms with E-state index in [9.17, 15) is 4.79 Å². The first-order valence-electron chi connectivity index (χ1n) is 10.8. The van der Waals surface area contributed by atoms with Gasteiger partial charge in [0.25, 0.3) is 0 Å². The van der Waals surface area contributed by atoms with Gasteiger partial charge in [0.15, 0.2) is 5.65 Å². The molecule has 0 aromatic carbocycles. The van der Waals surface area contributed by atoms with Gasteiger partial charge in [-0.15, -0.1) is 0 Å². The van der Waals surface area contributed by atoms with E-state index in [4.69, 9.17) is 4.98 Å². The Balaban J connectivity index is 1.21. The number of carbonyl (C=O) groups is 1. The number of amides is 1. The third kappa shape index (κ3) is 3.14. The Morgan fingerprint density at radius 1 is 1.11 bits per heavy atom. The van der Waals surface area contributed by atoms with Crippen molar-refractivity contribution in [2.45, 2.75) is 45.4 Å². The smallest absolute Gasteiger partial charge is 0.222 e. The molecule has 3 fully saturated rings. The Morgan fingerprint density at radius 3 is 2.54 bits per heavy atom. The van der Waals surface area contributed by atoms with Gasteiger partial charge >= 0.3 is 0 Å². The van der Waals surface area contributed by atoms with E-state index in [1.165, 1.54) is 19.3 Å². The van der Waals surface area contributed by atoms with E-state index in [1.54, 1.807) is 0 Å². The zero-order valence-electron chi connectivity index (χ0n) is 17.0. The molecule has 7 nitrogen and oxygen atoms in total. The topological polar surface area (TPSA) is 67.2 Å². The fourth-order valence-corrected chi connectivity index (χ4v) is 5.52. The number of hydrogen-bond acceptors (Lipinski definition) is 5. The molecule has 2 aliphatic heterocycles. The highest BCUT2D eigenvalue weighted by Crippen LogP contribution is 2.38. The molecule has 0 N–H and O–H groups in total. The van der Waals surface area contributed by atoms with Crippen molar-refractivity contribution in [2.24, 2.45) is 24.8 Å². The molecule has 2 saturated heterocycles. The number of fused-ring (bicyclic) bond motifs is 2. The standard InChI is InChI=1S/C21H30N6O/c1-14-23-20-18(11-22-25(20)2)21(24-14)26-8-6-15(7-9-26)10-19(28)27-12-16-4-3-5-17(16)13-27/h11,15-17H,3-10,12-13H2,1-2H3. The number of nitrogens with zero attached hydrogens (tertiary/aromatic N) is 6. The number of piperidine rings is 1. The average Bonchev–Trinajstić information content (AvgIpc) is 3.37. The van der Waals surface area contributed by atoms with Crippen LogP contribution in [0.3, 0.4) is 0 Å². The molecule has 2 atom stereocenters. The van der Waals surface area contributed by atoms with E-state index in [0.29, 0.717) is 11.8 Å². The molecule has 0 spiro atoms. The van der Waals surface area contributed by atoms with Gasteiger partial charge in [-0.3, -0.25) is 9.48 Å². The summed E-state index contributed by atoms with van der Waals surface area (Å²) in [6, 6.07) is 0. The van der Waals surface area contributed by atoms with Gasteiger partial charge in [0.1, 0.15) is 11.6 Å². The minimum Gasteiger partial charge on any atom is -0.356 e. The monoisotopic (exact) mass is 382 g/mol. The molecule has 1 aliphatic carbocycles. The van der Waals surface area contributed by atoms with Crippen LogP contribution in [0.2, 0.25) is 0 Å². The van der Waals surface area contributed by atoms with Crippen LogP contribution in [0.4, 0.5) is 5.82 Å². The van der Waals surface area contributed by atoms with Crippen molar-refractivity contribution >= 4 is 22.8 Å². The van der Waals surface area contributed by atoms with Gasteiger partial charge in [-0.1, -0.05) is 6.42 Å². The summed E-state index contributed by atoms with van der Waals surface area (Å²) in [7, 11) is 1.92. The third-order valence-corrected chi connectivity index (χ3v) is 7.14. The van der Waals surface area contributed by atoms with Crippen molar-refractivity contribution in [3.8, 4) is 0 Å². The Bertz CT molecular complexity index is 872. The predicted octanol–water partition coefficient (Wildman–Crippen LogP) is 2.54. The summed E-state index contributed by atoms with van der Waals surface area (Å²) < 4.78 is 1.81. The molecular weight excluding hydrogens is 352 g/mol. The lowest BCUT2D eigenvalue weighted by Gasteiger charge is -2.33. The molecule has 1 amide bonds. The van der Waals surface area contributed by atoms with Crippen LogP contribution < -0.4 is 4.90 Å². The lowest BCUT2D eigenvalue weighted by molar-refractivity contribution is -0.131. The van der Waals surface area contributed by atoms with E-state index in [0.717, 1.165) is 80.0 Å². The predicted molar refractivity (Wildman–Crippen MR) is 108 cm³/mol. The number of likely N-dealkylation sites (tertiary alicyclic amines) is 1. The molecule has 2 unspecified atom stereocenters. The van der Waals surface area contributed by atoms with Crippen LogP contribution >= 0.6 is 0 Å². The Labute approximate surface area is 166 Å². The van der Waals surface area contributed by atoms with Crippen LogP contribution in [0.5, 0.6) is 0 Å². The van der Waals surface area contributed by atoms with Crippen molar-refractivity contribution in [1.82, 2.24) is 24.6 Å². The van der Waals surface area contributed by atoms with E-state index in [-0.39, 0.29) is 0 Å². The highest BCUT2D eigenvalue weighted by Gasteiger charge is 2.38. The van der Waals surface area contributed by atoms with Gasteiger partial charge in [-0.2, -0.15) is 5.10 Å². The van der Waals surface area contributed by atoms with Crippen LogP contribution in [0.1, 0.15) is 44.3 Å².